The highest BCUT2D eigenvalue weighted by Crippen LogP contribution is 2.14. The summed E-state index contributed by atoms with van der Waals surface area (Å²) >= 11 is 5.82. The first-order valence-corrected chi connectivity index (χ1v) is 13.5. The fourth-order valence-electron chi connectivity index (χ4n) is 3.03. The van der Waals surface area contributed by atoms with Crippen molar-refractivity contribution in [1.29, 1.82) is 0 Å². The van der Waals surface area contributed by atoms with Gasteiger partial charge in [0.1, 0.15) is 6.10 Å². The standard InChI is InChI=1S/C26H26ClN3O7S/c1-3-17(2)36-26(33)37-23-13-8-20(16-29-23)25(32)30-38(34,35)22-11-4-18(5-12-22)14-15-28-24(31)19-6-9-21(27)10-7-19/h4-13,16-17H,3,14-15H2,1-2H3,(H,28,31)(H,30,32)/t17-/m1/s1. The van der Waals surface area contributed by atoms with E-state index in [2.05, 4.69) is 10.3 Å². The highest BCUT2D eigenvalue weighted by molar-refractivity contribution is 7.90. The monoisotopic (exact) mass is 559 g/mol. The fourth-order valence-corrected chi connectivity index (χ4v) is 4.13. The van der Waals surface area contributed by atoms with Crippen LogP contribution >= 0.6 is 11.6 Å². The molecule has 0 spiro atoms. The summed E-state index contributed by atoms with van der Waals surface area (Å²) in [4.78, 5) is 40.0. The first-order valence-electron chi connectivity index (χ1n) is 11.6. The van der Waals surface area contributed by atoms with Gasteiger partial charge < -0.3 is 14.8 Å². The third-order valence-electron chi connectivity index (χ3n) is 5.33. The number of ether oxygens (including phenoxy) is 2. The Hall–Kier alpha value is -3.96. The number of halogens is 1. The van der Waals surface area contributed by atoms with Crippen molar-refractivity contribution in [3.8, 4) is 5.88 Å². The minimum atomic E-state index is -4.16. The molecular formula is C26H26ClN3O7S. The molecule has 2 N–H and O–H groups in total. The SMILES string of the molecule is CC[C@@H](C)OC(=O)Oc1ccc(C(=O)NS(=O)(=O)c2ccc(CCNC(=O)c3ccc(Cl)cc3)cc2)cn1. The molecule has 1 heterocycles. The Morgan fingerprint density at radius 2 is 1.61 bits per heavy atom. The molecule has 0 unspecified atom stereocenters. The van der Waals surface area contributed by atoms with E-state index < -0.39 is 22.1 Å². The average molecular weight is 560 g/mol. The Kier molecular flexibility index (Phi) is 9.80. The normalized spacial score (nSPS) is 11.8. The second-order valence-corrected chi connectivity index (χ2v) is 10.3. The van der Waals surface area contributed by atoms with Crippen LogP contribution in [0.2, 0.25) is 5.02 Å². The van der Waals surface area contributed by atoms with Crippen LogP contribution in [0.1, 0.15) is 46.5 Å². The summed E-state index contributed by atoms with van der Waals surface area (Å²) in [5.74, 6) is -1.25. The molecule has 1 aromatic heterocycles. The molecule has 2 aromatic carbocycles. The van der Waals surface area contributed by atoms with Crippen molar-refractivity contribution in [3.05, 3.63) is 88.6 Å². The maximum atomic E-state index is 12.7. The zero-order valence-corrected chi connectivity index (χ0v) is 22.2. The Morgan fingerprint density at radius 1 is 0.947 bits per heavy atom. The first-order chi connectivity index (χ1) is 18.1. The molecule has 3 rings (SSSR count). The number of nitrogens with one attached hydrogen (secondary N) is 2. The number of rotatable bonds is 10. The highest BCUT2D eigenvalue weighted by atomic mass is 35.5. The van der Waals surface area contributed by atoms with Gasteiger partial charge in [0, 0.05) is 29.4 Å². The molecule has 0 aliphatic heterocycles. The maximum absolute atomic E-state index is 12.7. The van der Waals surface area contributed by atoms with Crippen LogP contribution in [0, 0.1) is 0 Å². The predicted molar refractivity (Wildman–Crippen MR) is 140 cm³/mol. The van der Waals surface area contributed by atoms with E-state index in [1.165, 1.54) is 24.3 Å². The lowest BCUT2D eigenvalue weighted by Gasteiger charge is -2.10. The van der Waals surface area contributed by atoms with Crippen LogP contribution in [0.5, 0.6) is 5.88 Å². The molecule has 0 saturated carbocycles. The molecule has 200 valence electrons. The summed E-state index contributed by atoms with van der Waals surface area (Å²) in [6.45, 7) is 3.89. The number of nitrogens with zero attached hydrogens (tertiary/aromatic N) is 1. The number of benzene rings is 2. The smallest absolute Gasteiger partial charge is 0.431 e. The number of amides is 2. The van der Waals surface area contributed by atoms with Gasteiger partial charge in [0.25, 0.3) is 21.8 Å². The maximum Gasteiger partial charge on any atom is 0.515 e. The van der Waals surface area contributed by atoms with E-state index in [4.69, 9.17) is 21.1 Å². The van der Waals surface area contributed by atoms with Gasteiger partial charge in [-0.15, -0.1) is 0 Å². The van der Waals surface area contributed by atoms with Crippen molar-refractivity contribution in [1.82, 2.24) is 15.0 Å². The molecule has 12 heteroatoms. The molecule has 0 aliphatic carbocycles. The van der Waals surface area contributed by atoms with E-state index in [0.717, 1.165) is 11.8 Å². The molecule has 0 fully saturated rings. The third kappa shape index (κ3) is 8.29. The Balaban J connectivity index is 1.52. The van der Waals surface area contributed by atoms with Gasteiger partial charge in [-0.3, -0.25) is 9.59 Å². The van der Waals surface area contributed by atoms with Crippen molar-refractivity contribution in [2.45, 2.75) is 37.7 Å². The molecule has 2 amide bonds. The number of hydrogen-bond donors (Lipinski definition) is 2. The van der Waals surface area contributed by atoms with Crippen molar-refractivity contribution >= 4 is 39.6 Å². The van der Waals surface area contributed by atoms with E-state index in [-0.39, 0.29) is 28.4 Å². The number of hydrogen-bond acceptors (Lipinski definition) is 8. The second-order valence-electron chi connectivity index (χ2n) is 8.17. The summed E-state index contributed by atoms with van der Waals surface area (Å²) in [6.07, 6.45) is 0.906. The number of carbonyl (C=O) groups is 3. The van der Waals surface area contributed by atoms with Crippen LogP contribution in [-0.2, 0) is 21.2 Å². The minimum Gasteiger partial charge on any atom is -0.431 e. The molecule has 1 atom stereocenters. The lowest BCUT2D eigenvalue weighted by atomic mass is 10.1. The molecular weight excluding hydrogens is 534 g/mol. The third-order valence-corrected chi connectivity index (χ3v) is 6.92. The Bertz CT molecular complexity index is 1380. The van der Waals surface area contributed by atoms with Crippen LogP contribution in [0.3, 0.4) is 0 Å². The second kappa shape index (κ2) is 13.0. The van der Waals surface area contributed by atoms with Crippen molar-refractivity contribution in [2.24, 2.45) is 0 Å². The summed E-state index contributed by atoms with van der Waals surface area (Å²) < 4.78 is 37.2. The largest absolute Gasteiger partial charge is 0.515 e. The molecule has 0 saturated heterocycles. The average Bonchev–Trinajstić information content (AvgIpc) is 2.89. The number of carbonyl (C=O) groups excluding carboxylic acids is 3. The molecule has 10 nitrogen and oxygen atoms in total. The summed E-state index contributed by atoms with van der Waals surface area (Å²) in [5, 5.41) is 3.32. The van der Waals surface area contributed by atoms with Gasteiger partial charge in [-0.25, -0.2) is 22.9 Å². The zero-order valence-electron chi connectivity index (χ0n) is 20.6. The number of sulfonamides is 1. The Labute approximate surface area is 225 Å². The van der Waals surface area contributed by atoms with Gasteiger partial charge in [0.15, 0.2) is 0 Å². The van der Waals surface area contributed by atoms with Gasteiger partial charge >= 0.3 is 6.16 Å². The van der Waals surface area contributed by atoms with Gasteiger partial charge in [0.05, 0.1) is 10.5 Å². The minimum absolute atomic E-state index is 0.0516. The van der Waals surface area contributed by atoms with Crippen LogP contribution in [0.25, 0.3) is 0 Å². The van der Waals surface area contributed by atoms with E-state index in [9.17, 15) is 22.8 Å². The lowest BCUT2D eigenvalue weighted by Crippen LogP contribution is -2.30. The van der Waals surface area contributed by atoms with E-state index >= 15 is 0 Å². The first kappa shape index (κ1) is 28.6. The molecule has 3 aromatic rings. The molecule has 0 bridgehead atoms. The van der Waals surface area contributed by atoms with Crippen molar-refractivity contribution < 1.29 is 32.3 Å². The van der Waals surface area contributed by atoms with Gasteiger partial charge in [-0.1, -0.05) is 30.7 Å². The highest BCUT2D eigenvalue weighted by Gasteiger charge is 2.19. The number of pyridine rings is 1. The predicted octanol–water partition coefficient (Wildman–Crippen LogP) is 4.14. The summed E-state index contributed by atoms with van der Waals surface area (Å²) in [5.41, 5.74) is 1.22. The van der Waals surface area contributed by atoms with E-state index in [1.807, 2.05) is 11.6 Å². The van der Waals surface area contributed by atoms with Crippen LogP contribution in [0.4, 0.5) is 4.79 Å². The fraction of sp³-hybridized carbons (Fsp3) is 0.231. The van der Waals surface area contributed by atoms with Crippen molar-refractivity contribution in [2.75, 3.05) is 6.54 Å². The van der Waals surface area contributed by atoms with E-state index in [0.29, 0.717) is 30.0 Å². The van der Waals surface area contributed by atoms with Gasteiger partial charge in [-0.2, -0.15) is 0 Å². The quantitative estimate of drug-likeness (QED) is 0.353. The van der Waals surface area contributed by atoms with Crippen LogP contribution < -0.4 is 14.8 Å². The van der Waals surface area contributed by atoms with Crippen LogP contribution in [0.15, 0.2) is 71.8 Å². The van der Waals surface area contributed by atoms with E-state index in [1.54, 1.807) is 43.3 Å². The van der Waals surface area contributed by atoms with Gasteiger partial charge in [-0.05, 0) is 67.8 Å². The Morgan fingerprint density at radius 3 is 2.21 bits per heavy atom. The van der Waals surface area contributed by atoms with Gasteiger partial charge in [0.2, 0.25) is 5.88 Å². The summed E-state index contributed by atoms with van der Waals surface area (Å²) in [6, 6.07) is 14.9. The molecule has 0 aliphatic rings. The van der Waals surface area contributed by atoms with Crippen molar-refractivity contribution in [3.63, 3.8) is 0 Å². The lowest BCUT2D eigenvalue weighted by molar-refractivity contribution is 0.0631. The molecule has 0 radical (unpaired) electrons. The summed E-state index contributed by atoms with van der Waals surface area (Å²) in [7, 11) is -4.16. The van der Waals surface area contributed by atoms with Crippen LogP contribution in [-0.4, -0.2) is 44.0 Å². The topological polar surface area (TPSA) is 141 Å². The number of aromatic nitrogens is 1. The zero-order chi connectivity index (χ0) is 27.7. The molecule has 38 heavy (non-hydrogen) atoms.